The second kappa shape index (κ2) is 6.89. The average molecular weight is 308 g/mol. The molecule has 0 aliphatic carbocycles. The Morgan fingerprint density at radius 2 is 2.09 bits per heavy atom. The number of β-amino-alcohol motifs (C(OH)–C–C–N with tert-alkyl or cyclic N) is 1. The molecule has 1 aliphatic rings. The van der Waals surface area contributed by atoms with Gasteiger partial charge in [-0.3, -0.25) is 4.90 Å². The molecule has 0 radical (unpaired) electrons. The molecular formula is C16H28N4O2. The number of methoxy groups -OCH3 is 1. The van der Waals surface area contributed by atoms with E-state index in [1.54, 1.807) is 7.11 Å². The zero-order chi connectivity index (χ0) is 16.3. The first-order chi connectivity index (χ1) is 10.3. The summed E-state index contributed by atoms with van der Waals surface area (Å²) in [7, 11) is 1.66. The molecular weight excluding hydrogens is 280 g/mol. The van der Waals surface area contributed by atoms with Crippen molar-refractivity contribution in [2.24, 2.45) is 0 Å². The van der Waals surface area contributed by atoms with Gasteiger partial charge in [-0.25, -0.2) is 9.97 Å². The normalized spacial score (nSPS) is 20.5. The molecule has 0 saturated carbocycles. The van der Waals surface area contributed by atoms with Crippen LogP contribution in [-0.2, 0) is 11.3 Å². The summed E-state index contributed by atoms with van der Waals surface area (Å²) in [4.78, 5) is 13.6. The molecule has 1 atom stereocenters. The summed E-state index contributed by atoms with van der Waals surface area (Å²) in [6.45, 7) is 11.8. The number of aromatic nitrogens is 2. The zero-order valence-electron chi connectivity index (χ0n) is 14.3. The van der Waals surface area contributed by atoms with Gasteiger partial charge in [-0.1, -0.05) is 0 Å². The van der Waals surface area contributed by atoms with Gasteiger partial charge in [0, 0.05) is 51.1 Å². The van der Waals surface area contributed by atoms with Gasteiger partial charge in [-0.05, 0) is 27.7 Å². The van der Waals surface area contributed by atoms with E-state index in [2.05, 4.69) is 26.7 Å². The van der Waals surface area contributed by atoms with Crippen LogP contribution in [0.4, 0.5) is 5.82 Å². The molecule has 2 rings (SSSR count). The van der Waals surface area contributed by atoms with Gasteiger partial charge in [0.1, 0.15) is 12.4 Å². The number of hydrogen-bond donors (Lipinski definition) is 1. The Morgan fingerprint density at radius 3 is 2.68 bits per heavy atom. The summed E-state index contributed by atoms with van der Waals surface area (Å²) in [5.41, 5.74) is 0.308. The molecule has 1 unspecified atom stereocenters. The van der Waals surface area contributed by atoms with E-state index in [9.17, 15) is 5.11 Å². The minimum Gasteiger partial charge on any atom is -0.389 e. The van der Waals surface area contributed by atoms with Crippen LogP contribution in [0.5, 0.6) is 0 Å². The molecule has 2 heterocycles. The lowest BCUT2D eigenvalue weighted by Crippen LogP contribution is -2.55. The fourth-order valence-corrected chi connectivity index (χ4v) is 3.02. The number of piperazine rings is 1. The summed E-state index contributed by atoms with van der Waals surface area (Å²) in [6, 6.07) is 2.38. The number of hydrogen-bond acceptors (Lipinski definition) is 6. The maximum Gasteiger partial charge on any atom is 0.156 e. The average Bonchev–Trinajstić information content (AvgIpc) is 2.36. The topological polar surface area (TPSA) is 61.7 Å². The van der Waals surface area contributed by atoms with Crippen LogP contribution in [0.2, 0.25) is 0 Å². The molecule has 6 nitrogen and oxygen atoms in total. The van der Waals surface area contributed by atoms with E-state index in [0.29, 0.717) is 19.2 Å². The van der Waals surface area contributed by atoms with Crippen LogP contribution in [0.25, 0.3) is 0 Å². The van der Waals surface area contributed by atoms with E-state index >= 15 is 0 Å². The molecule has 1 saturated heterocycles. The number of ether oxygens (including phenoxy) is 1. The minimum atomic E-state index is -0.654. The molecule has 1 aromatic heterocycles. The lowest BCUT2D eigenvalue weighted by Gasteiger charge is -2.42. The number of anilines is 1. The molecule has 1 aromatic rings. The van der Waals surface area contributed by atoms with Crippen LogP contribution in [0.3, 0.4) is 0 Å². The van der Waals surface area contributed by atoms with Crippen molar-refractivity contribution < 1.29 is 9.84 Å². The van der Waals surface area contributed by atoms with Crippen LogP contribution in [0.15, 0.2) is 6.07 Å². The Balaban J connectivity index is 2.08. The zero-order valence-corrected chi connectivity index (χ0v) is 14.3. The molecule has 6 heteroatoms. The Bertz CT molecular complexity index is 501. The second-order valence-corrected chi connectivity index (χ2v) is 6.81. The fraction of sp³-hybridized carbons (Fsp3) is 0.750. The minimum absolute atomic E-state index is 0.348. The molecule has 22 heavy (non-hydrogen) atoms. The highest BCUT2D eigenvalue weighted by Gasteiger charge is 2.28. The number of aryl methyl sites for hydroxylation is 1. The van der Waals surface area contributed by atoms with Crippen LogP contribution in [0, 0.1) is 6.92 Å². The van der Waals surface area contributed by atoms with Crippen LogP contribution in [0.1, 0.15) is 32.3 Å². The standard InChI is InChI=1S/C16H28N4O2/c1-12-8-15(18-14(17-12)10-22-5)20-7-6-19(9-13(20)2)11-16(3,4)21/h8,13,21H,6-7,9-11H2,1-5H3. The Labute approximate surface area is 133 Å². The first-order valence-corrected chi connectivity index (χ1v) is 7.83. The van der Waals surface area contributed by atoms with Crippen molar-refractivity contribution in [3.63, 3.8) is 0 Å². The predicted molar refractivity (Wildman–Crippen MR) is 87.0 cm³/mol. The quantitative estimate of drug-likeness (QED) is 0.882. The van der Waals surface area contributed by atoms with Crippen molar-refractivity contribution in [1.29, 1.82) is 0 Å². The van der Waals surface area contributed by atoms with Crippen molar-refractivity contribution in [1.82, 2.24) is 14.9 Å². The smallest absolute Gasteiger partial charge is 0.156 e. The number of rotatable bonds is 5. The number of aliphatic hydroxyl groups is 1. The highest BCUT2D eigenvalue weighted by Crippen LogP contribution is 2.20. The van der Waals surface area contributed by atoms with E-state index in [-0.39, 0.29) is 0 Å². The monoisotopic (exact) mass is 308 g/mol. The molecule has 0 spiro atoms. The Hall–Kier alpha value is -1.24. The van der Waals surface area contributed by atoms with Gasteiger partial charge in [-0.15, -0.1) is 0 Å². The van der Waals surface area contributed by atoms with Gasteiger partial charge < -0.3 is 14.7 Å². The summed E-state index contributed by atoms with van der Waals surface area (Å²) in [5, 5.41) is 9.98. The third kappa shape index (κ3) is 4.63. The lowest BCUT2D eigenvalue weighted by atomic mass is 10.1. The van der Waals surface area contributed by atoms with Crippen LogP contribution >= 0.6 is 0 Å². The largest absolute Gasteiger partial charge is 0.389 e. The first kappa shape index (κ1) is 17.1. The van der Waals surface area contributed by atoms with Crippen molar-refractivity contribution in [2.75, 3.05) is 38.2 Å². The second-order valence-electron chi connectivity index (χ2n) is 6.81. The van der Waals surface area contributed by atoms with E-state index in [0.717, 1.165) is 37.0 Å². The van der Waals surface area contributed by atoms with E-state index in [1.165, 1.54) is 0 Å². The van der Waals surface area contributed by atoms with Crippen molar-refractivity contribution in [2.45, 2.75) is 45.9 Å². The molecule has 124 valence electrons. The van der Waals surface area contributed by atoms with Gasteiger partial charge in [0.2, 0.25) is 0 Å². The Morgan fingerprint density at radius 1 is 1.36 bits per heavy atom. The molecule has 1 fully saturated rings. The van der Waals surface area contributed by atoms with Crippen molar-refractivity contribution in [3.05, 3.63) is 17.6 Å². The molecule has 0 aromatic carbocycles. The highest BCUT2D eigenvalue weighted by molar-refractivity contribution is 5.41. The lowest BCUT2D eigenvalue weighted by molar-refractivity contribution is 0.0307. The summed E-state index contributed by atoms with van der Waals surface area (Å²) < 4.78 is 5.14. The van der Waals surface area contributed by atoms with Crippen molar-refractivity contribution in [3.8, 4) is 0 Å². The van der Waals surface area contributed by atoms with Crippen LogP contribution < -0.4 is 4.90 Å². The van der Waals surface area contributed by atoms with Gasteiger partial charge in [0.05, 0.1) is 5.60 Å². The van der Waals surface area contributed by atoms with Crippen LogP contribution in [-0.4, -0.2) is 64.9 Å². The maximum absolute atomic E-state index is 9.98. The van der Waals surface area contributed by atoms with E-state index in [4.69, 9.17) is 4.74 Å². The molecule has 1 N–H and O–H groups in total. The predicted octanol–water partition coefficient (Wildman–Crippen LogP) is 1.21. The van der Waals surface area contributed by atoms with Crippen molar-refractivity contribution >= 4 is 5.82 Å². The Kier molecular flexibility index (Phi) is 5.36. The molecule has 0 bridgehead atoms. The molecule has 1 aliphatic heterocycles. The third-order valence-corrected chi connectivity index (χ3v) is 3.78. The molecule has 0 amide bonds. The van der Waals surface area contributed by atoms with Gasteiger partial charge in [0.25, 0.3) is 0 Å². The SMILES string of the molecule is COCc1nc(C)cc(N2CCN(CC(C)(C)O)CC2C)n1. The van der Waals surface area contributed by atoms with Gasteiger partial charge >= 0.3 is 0 Å². The summed E-state index contributed by atoms with van der Waals surface area (Å²) in [5.74, 6) is 1.69. The fourth-order valence-electron chi connectivity index (χ4n) is 3.02. The van der Waals surface area contributed by atoms with E-state index < -0.39 is 5.60 Å². The first-order valence-electron chi connectivity index (χ1n) is 7.83. The number of nitrogens with zero attached hydrogens (tertiary/aromatic N) is 4. The van der Waals surface area contributed by atoms with Gasteiger partial charge in [0.15, 0.2) is 5.82 Å². The highest BCUT2D eigenvalue weighted by atomic mass is 16.5. The third-order valence-electron chi connectivity index (χ3n) is 3.78. The maximum atomic E-state index is 9.98. The summed E-state index contributed by atoms with van der Waals surface area (Å²) >= 11 is 0. The van der Waals surface area contributed by atoms with E-state index in [1.807, 2.05) is 26.8 Å². The van der Waals surface area contributed by atoms with Gasteiger partial charge in [-0.2, -0.15) is 0 Å². The summed E-state index contributed by atoms with van der Waals surface area (Å²) in [6.07, 6.45) is 0.